The predicted molar refractivity (Wildman–Crippen MR) is 73.8 cm³/mol. The van der Waals surface area contributed by atoms with Gasteiger partial charge in [-0.3, -0.25) is 8.91 Å². The molecule has 0 N–H and O–H groups in total. The summed E-state index contributed by atoms with van der Waals surface area (Å²) in [6.07, 6.45) is 6.53. The molecule has 0 amide bonds. The molecule has 0 aromatic carbocycles. The molecule has 2 nitrogen and oxygen atoms in total. The summed E-state index contributed by atoms with van der Waals surface area (Å²) in [7, 11) is 2.25. The number of rotatable bonds is 4. The summed E-state index contributed by atoms with van der Waals surface area (Å²) in [6, 6.07) is 0. The standard InChI is InChI=1S/C15H25NO/c1-7-16(6,8-2)14-10-9-13(5)15(11-14)17-12(3)4/h9-12H,5,7-8H2,1-4,6H3/q+2. The molecule has 2 heteroatoms. The molecule has 17 heavy (non-hydrogen) atoms. The average Bonchev–Trinajstić information content (AvgIpc) is 2.30. The highest BCUT2D eigenvalue weighted by molar-refractivity contribution is 6.07. The Labute approximate surface area is 105 Å². The van der Waals surface area contributed by atoms with Crippen LogP contribution in [0, 0.1) is 0 Å². The van der Waals surface area contributed by atoms with Crippen LogP contribution in [0.4, 0.5) is 0 Å². The van der Waals surface area contributed by atoms with Gasteiger partial charge in [0, 0.05) is 19.9 Å². The van der Waals surface area contributed by atoms with E-state index >= 15 is 0 Å². The molecular weight excluding hydrogens is 210 g/mol. The van der Waals surface area contributed by atoms with Crippen LogP contribution in [0.15, 0.2) is 36.1 Å². The first kappa shape index (κ1) is 13.9. The summed E-state index contributed by atoms with van der Waals surface area (Å²) >= 11 is 0. The van der Waals surface area contributed by atoms with Gasteiger partial charge in [-0.15, -0.1) is 0 Å². The number of ketones is 1. The van der Waals surface area contributed by atoms with Crippen molar-refractivity contribution in [2.45, 2.75) is 33.8 Å². The first-order valence-electron chi connectivity index (χ1n) is 6.40. The van der Waals surface area contributed by atoms with Gasteiger partial charge in [-0.05, 0) is 19.9 Å². The molecule has 0 bridgehead atoms. The predicted octanol–water partition coefficient (Wildman–Crippen LogP) is 3.00. The van der Waals surface area contributed by atoms with Crippen molar-refractivity contribution in [1.29, 1.82) is 0 Å². The highest BCUT2D eigenvalue weighted by Gasteiger charge is 2.28. The average molecular weight is 235 g/mol. The van der Waals surface area contributed by atoms with Gasteiger partial charge in [0.2, 0.25) is 0 Å². The van der Waals surface area contributed by atoms with Crippen molar-refractivity contribution in [3.63, 3.8) is 0 Å². The third kappa shape index (κ3) is 3.16. The molecule has 1 rings (SSSR count). The van der Waals surface area contributed by atoms with Crippen molar-refractivity contribution >= 4 is 5.78 Å². The Kier molecular flexibility index (Phi) is 4.47. The van der Waals surface area contributed by atoms with E-state index in [1.54, 1.807) is 0 Å². The molecule has 0 saturated heterocycles. The molecule has 0 spiro atoms. The number of allylic oxidation sites excluding steroid dienone is 4. The van der Waals surface area contributed by atoms with Gasteiger partial charge >= 0.3 is 5.78 Å². The van der Waals surface area contributed by atoms with Crippen LogP contribution in [0.1, 0.15) is 27.7 Å². The molecular formula is C15H25NO+2. The van der Waals surface area contributed by atoms with E-state index in [9.17, 15) is 0 Å². The normalized spacial score (nSPS) is 19.1. The molecule has 0 radical (unpaired) electrons. The summed E-state index contributed by atoms with van der Waals surface area (Å²) in [5.41, 5.74) is 2.25. The molecule has 0 saturated carbocycles. The van der Waals surface area contributed by atoms with Crippen LogP contribution in [0.5, 0.6) is 0 Å². The molecule has 0 atom stereocenters. The first-order chi connectivity index (χ1) is 7.92. The van der Waals surface area contributed by atoms with Gasteiger partial charge in [0.25, 0.3) is 6.10 Å². The quantitative estimate of drug-likeness (QED) is 0.403. The maximum atomic E-state index is 5.80. The molecule has 0 aromatic heterocycles. The van der Waals surface area contributed by atoms with Crippen LogP contribution >= 0.6 is 0 Å². The van der Waals surface area contributed by atoms with Crippen molar-refractivity contribution in [3.8, 4) is 0 Å². The fourth-order valence-electron chi connectivity index (χ4n) is 1.83. The summed E-state index contributed by atoms with van der Waals surface area (Å²) < 4.78 is 6.72. The van der Waals surface area contributed by atoms with Crippen LogP contribution < -0.4 is 0 Å². The van der Waals surface area contributed by atoms with E-state index in [0.717, 1.165) is 28.9 Å². The number of hydrogen-bond acceptors (Lipinski definition) is 0. The maximum absolute atomic E-state index is 5.80. The second-order valence-corrected chi connectivity index (χ2v) is 4.99. The van der Waals surface area contributed by atoms with Crippen LogP contribution in [0.2, 0.25) is 0 Å². The van der Waals surface area contributed by atoms with Crippen molar-refractivity contribution in [2.75, 3.05) is 20.1 Å². The Morgan fingerprint density at radius 3 is 2.29 bits per heavy atom. The van der Waals surface area contributed by atoms with Crippen LogP contribution in [-0.2, 0) is 4.42 Å². The first-order valence-corrected chi connectivity index (χ1v) is 6.40. The number of carbonyl (C=O) groups excluding carboxylic acids is 1. The third-order valence-corrected chi connectivity index (χ3v) is 3.43. The van der Waals surface area contributed by atoms with E-state index in [0.29, 0.717) is 0 Å². The molecule has 94 valence electrons. The third-order valence-electron chi connectivity index (χ3n) is 3.43. The lowest BCUT2D eigenvalue weighted by Crippen LogP contribution is -2.42. The zero-order chi connectivity index (χ0) is 13.1. The van der Waals surface area contributed by atoms with Gasteiger partial charge in [0.05, 0.1) is 25.7 Å². The van der Waals surface area contributed by atoms with Gasteiger partial charge in [-0.25, -0.2) is 0 Å². The SMILES string of the molecule is C=C1C=CC([N+](C)(CC)CC)=CC1=[O+]C(C)C. The Hall–Kier alpha value is -1.15. The lowest BCUT2D eigenvalue weighted by Gasteiger charge is -2.32. The summed E-state index contributed by atoms with van der Waals surface area (Å²) in [5, 5.41) is 0. The number of likely N-dealkylation sites (N-methyl/N-ethyl adjacent to an activating group) is 1. The fraction of sp³-hybridized carbons (Fsp3) is 0.533. The van der Waals surface area contributed by atoms with Crippen molar-refractivity contribution < 1.29 is 8.91 Å². The molecule has 0 fully saturated rings. The van der Waals surface area contributed by atoms with Gasteiger partial charge in [-0.1, -0.05) is 6.58 Å². The number of quaternary nitrogens is 1. The minimum Gasteiger partial charge on any atom is -0.294 e. The molecule has 0 heterocycles. The maximum Gasteiger partial charge on any atom is 0.356 e. The van der Waals surface area contributed by atoms with E-state index < -0.39 is 0 Å². The monoisotopic (exact) mass is 235 g/mol. The zero-order valence-corrected chi connectivity index (χ0v) is 11.8. The van der Waals surface area contributed by atoms with Crippen molar-refractivity contribution in [1.82, 2.24) is 0 Å². The summed E-state index contributed by atoms with van der Waals surface area (Å²) in [6.45, 7) is 14.7. The minimum absolute atomic E-state index is 0.188. The van der Waals surface area contributed by atoms with E-state index in [4.69, 9.17) is 4.42 Å². The van der Waals surface area contributed by atoms with E-state index in [-0.39, 0.29) is 6.10 Å². The van der Waals surface area contributed by atoms with Gasteiger partial charge in [0.15, 0.2) is 0 Å². The zero-order valence-electron chi connectivity index (χ0n) is 11.8. The molecule has 1 aliphatic rings. The van der Waals surface area contributed by atoms with E-state index in [1.165, 1.54) is 5.70 Å². The molecule has 0 aromatic rings. The van der Waals surface area contributed by atoms with Gasteiger partial charge in [-0.2, -0.15) is 0 Å². The topological polar surface area (TPSA) is 11.3 Å². The number of nitrogens with zero attached hydrogens (tertiary/aromatic N) is 1. The minimum atomic E-state index is 0.188. The van der Waals surface area contributed by atoms with E-state index in [1.807, 2.05) is 13.8 Å². The van der Waals surface area contributed by atoms with Gasteiger partial charge < -0.3 is 0 Å². The Bertz CT molecular complexity index is 382. The summed E-state index contributed by atoms with van der Waals surface area (Å²) in [5.74, 6) is 0.906. The second kappa shape index (κ2) is 5.46. The molecule has 0 unspecified atom stereocenters. The fourth-order valence-corrected chi connectivity index (χ4v) is 1.83. The number of hydrogen-bond donors (Lipinski definition) is 0. The van der Waals surface area contributed by atoms with Crippen LogP contribution in [0.3, 0.4) is 0 Å². The van der Waals surface area contributed by atoms with Crippen molar-refractivity contribution in [2.24, 2.45) is 0 Å². The van der Waals surface area contributed by atoms with E-state index in [2.05, 4.69) is 45.7 Å². The van der Waals surface area contributed by atoms with Crippen LogP contribution in [0.25, 0.3) is 0 Å². The van der Waals surface area contributed by atoms with Gasteiger partial charge in [0.1, 0.15) is 11.8 Å². The summed E-state index contributed by atoms with van der Waals surface area (Å²) in [4.78, 5) is 0. The largest absolute Gasteiger partial charge is 0.356 e. The second-order valence-electron chi connectivity index (χ2n) is 4.99. The Morgan fingerprint density at radius 1 is 1.24 bits per heavy atom. The highest BCUT2D eigenvalue weighted by atomic mass is 16.4. The molecule has 0 aliphatic heterocycles. The highest BCUT2D eigenvalue weighted by Crippen LogP contribution is 2.21. The Balaban J connectivity index is 3.11. The molecule has 1 aliphatic carbocycles. The van der Waals surface area contributed by atoms with Crippen LogP contribution in [-0.4, -0.2) is 36.5 Å². The lowest BCUT2D eigenvalue weighted by molar-refractivity contribution is -0.866. The smallest absolute Gasteiger partial charge is 0.294 e. The Morgan fingerprint density at radius 2 is 1.82 bits per heavy atom. The van der Waals surface area contributed by atoms with Crippen molar-refractivity contribution in [3.05, 3.63) is 36.1 Å². The lowest BCUT2D eigenvalue weighted by atomic mass is 10.0.